The Morgan fingerprint density at radius 2 is 1.76 bits per heavy atom. The molecule has 4 nitrogen and oxygen atoms in total. The second kappa shape index (κ2) is 6.51. The van der Waals surface area contributed by atoms with Gasteiger partial charge in [0, 0.05) is 32.2 Å². The lowest BCUT2D eigenvalue weighted by Gasteiger charge is -2.38. The first-order valence-electron chi connectivity index (χ1n) is 7.50. The zero-order valence-electron chi connectivity index (χ0n) is 11.9. The summed E-state index contributed by atoms with van der Waals surface area (Å²) in [6.07, 6.45) is 5.28. The second-order valence-corrected chi connectivity index (χ2v) is 6.53. The summed E-state index contributed by atoms with van der Waals surface area (Å²) in [6.45, 7) is 3.35. The number of halogens is 2. The molecule has 6 heteroatoms. The summed E-state index contributed by atoms with van der Waals surface area (Å²) in [5.41, 5.74) is 0.262. The average Bonchev–Trinajstić information content (AvgIpc) is 3.03. The van der Waals surface area contributed by atoms with Gasteiger partial charge in [-0.25, -0.2) is 4.98 Å². The molecule has 3 rings (SSSR count). The smallest absolute Gasteiger partial charge is 0.274 e. The highest BCUT2D eigenvalue weighted by molar-refractivity contribution is 6.34. The van der Waals surface area contributed by atoms with E-state index >= 15 is 0 Å². The van der Waals surface area contributed by atoms with E-state index in [9.17, 15) is 4.79 Å². The summed E-state index contributed by atoms with van der Waals surface area (Å²) in [5.74, 6) is -0.117. The molecule has 1 aromatic rings. The molecule has 114 valence electrons. The van der Waals surface area contributed by atoms with Crippen molar-refractivity contribution in [2.75, 3.05) is 26.2 Å². The molecule has 0 spiro atoms. The van der Waals surface area contributed by atoms with Gasteiger partial charge in [0.15, 0.2) is 0 Å². The quantitative estimate of drug-likeness (QED) is 0.783. The minimum absolute atomic E-state index is 0.117. The van der Waals surface area contributed by atoms with Crippen LogP contribution in [0.4, 0.5) is 0 Å². The first-order valence-corrected chi connectivity index (χ1v) is 8.26. The second-order valence-electron chi connectivity index (χ2n) is 5.73. The van der Waals surface area contributed by atoms with E-state index < -0.39 is 0 Å². The van der Waals surface area contributed by atoms with Gasteiger partial charge in [0.1, 0.15) is 10.8 Å². The molecule has 21 heavy (non-hydrogen) atoms. The van der Waals surface area contributed by atoms with Gasteiger partial charge in [-0.05, 0) is 25.0 Å². The van der Waals surface area contributed by atoms with Crippen LogP contribution in [0.15, 0.2) is 12.1 Å². The number of carbonyl (C=O) groups excluding carboxylic acids is 1. The molecule has 1 saturated heterocycles. The van der Waals surface area contributed by atoms with Crippen LogP contribution in [0.1, 0.15) is 36.2 Å². The number of amides is 1. The number of aromatic nitrogens is 1. The Balaban J connectivity index is 1.63. The first kappa shape index (κ1) is 15.1. The molecule has 2 aliphatic rings. The largest absolute Gasteiger partial charge is 0.335 e. The van der Waals surface area contributed by atoms with Gasteiger partial charge in [0.25, 0.3) is 5.91 Å². The van der Waals surface area contributed by atoms with Gasteiger partial charge in [-0.3, -0.25) is 9.69 Å². The van der Waals surface area contributed by atoms with Crippen LogP contribution in [0.5, 0.6) is 0 Å². The van der Waals surface area contributed by atoms with Gasteiger partial charge >= 0.3 is 0 Å². The van der Waals surface area contributed by atoms with E-state index in [2.05, 4.69) is 9.88 Å². The standard InChI is InChI=1S/C15H19Cl2N3O/c16-12-5-6-13(17)18-14(12)15(21)20-9-7-19(8-10-20)11-3-1-2-4-11/h5-6,11H,1-4,7-10H2. The first-order chi connectivity index (χ1) is 10.1. The molecule has 0 atom stereocenters. The normalized spacial score (nSPS) is 21.0. The van der Waals surface area contributed by atoms with Crippen LogP contribution in [0, 0.1) is 0 Å². The fourth-order valence-electron chi connectivity index (χ4n) is 3.28. The average molecular weight is 328 g/mol. The van der Waals surface area contributed by atoms with Crippen LogP contribution in [0.3, 0.4) is 0 Å². The molecule has 1 aromatic heterocycles. The number of rotatable bonds is 2. The Hall–Kier alpha value is -0.840. The van der Waals surface area contributed by atoms with E-state index in [0.29, 0.717) is 10.2 Å². The third-order valence-electron chi connectivity index (χ3n) is 4.46. The van der Waals surface area contributed by atoms with E-state index in [1.165, 1.54) is 25.7 Å². The van der Waals surface area contributed by atoms with E-state index in [1.807, 2.05) is 4.90 Å². The zero-order chi connectivity index (χ0) is 14.8. The summed E-state index contributed by atoms with van der Waals surface area (Å²) < 4.78 is 0. The maximum atomic E-state index is 12.5. The topological polar surface area (TPSA) is 36.4 Å². The maximum Gasteiger partial charge on any atom is 0.274 e. The van der Waals surface area contributed by atoms with Crippen LogP contribution in [0.25, 0.3) is 0 Å². The molecular formula is C15H19Cl2N3O. The molecule has 1 amide bonds. The number of hydrogen-bond donors (Lipinski definition) is 0. The van der Waals surface area contributed by atoms with Crippen LogP contribution in [-0.2, 0) is 0 Å². The van der Waals surface area contributed by atoms with Crippen molar-refractivity contribution in [3.63, 3.8) is 0 Å². The molecule has 1 aliphatic heterocycles. The Morgan fingerprint density at radius 1 is 1.10 bits per heavy atom. The van der Waals surface area contributed by atoms with Crippen molar-refractivity contribution in [3.05, 3.63) is 28.0 Å². The van der Waals surface area contributed by atoms with E-state index in [1.54, 1.807) is 12.1 Å². The summed E-state index contributed by atoms with van der Waals surface area (Å²) >= 11 is 11.9. The number of hydrogen-bond acceptors (Lipinski definition) is 3. The summed E-state index contributed by atoms with van der Waals surface area (Å²) in [4.78, 5) is 20.9. The van der Waals surface area contributed by atoms with E-state index in [0.717, 1.165) is 32.2 Å². The van der Waals surface area contributed by atoms with Crippen LogP contribution < -0.4 is 0 Å². The minimum Gasteiger partial charge on any atom is -0.335 e. The van der Waals surface area contributed by atoms with Gasteiger partial charge in [0.2, 0.25) is 0 Å². The highest BCUT2D eigenvalue weighted by Crippen LogP contribution is 2.25. The third kappa shape index (κ3) is 3.33. The van der Waals surface area contributed by atoms with Crippen LogP contribution in [0.2, 0.25) is 10.2 Å². The van der Waals surface area contributed by atoms with Gasteiger partial charge in [0.05, 0.1) is 5.02 Å². The molecule has 2 heterocycles. The Kier molecular flexibility index (Phi) is 4.67. The van der Waals surface area contributed by atoms with Crippen molar-refractivity contribution in [1.82, 2.24) is 14.8 Å². The fourth-order valence-corrected chi connectivity index (χ4v) is 3.61. The molecular weight excluding hydrogens is 309 g/mol. The number of pyridine rings is 1. The SMILES string of the molecule is O=C(c1nc(Cl)ccc1Cl)N1CCN(C2CCCC2)CC1. The molecule has 0 aromatic carbocycles. The highest BCUT2D eigenvalue weighted by Gasteiger charge is 2.29. The monoisotopic (exact) mass is 327 g/mol. The van der Waals surface area contributed by atoms with Crippen molar-refractivity contribution in [2.45, 2.75) is 31.7 Å². The van der Waals surface area contributed by atoms with E-state index in [4.69, 9.17) is 23.2 Å². The molecule has 0 radical (unpaired) electrons. The number of piperazine rings is 1. The molecule has 1 aliphatic carbocycles. The Morgan fingerprint density at radius 3 is 2.43 bits per heavy atom. The molecule has 0 bridgehead atoms. The number of carbonyl (C=O) groups is 1. The highest BCUT2D eigenvalue weighted by atomic mass is 35.5. The molecule has 0 unspecified atom stereocenters. The molecule has 0 N–H and O–H groups in total. The summed E-state index contributed by atoms with van der Waals surface area (Å²) in [6, 6.07) is 3.94. The lowest BCUT2D eigenvalue weighted by atomic mass is 10.1. The van der Waals surface area contributed by atoms with Crippen molar-refractivity contribution >= 4 is 29.1 Å². The van der Waals surface area contributed by atoms with Crippen molar-refractivity contribution in [1.29, 1.82) is 0 Å². The van der Waals surface area contributed by atoms with Crippen molar-refractivity contribution in [2.24, 2.45) is 0 Å². The van der Waals surface area contributed by atoms with Gasteiger partial charge in [-0.2, -0.15) is 0 Å². The van der Waals surface area contributed by atoms with Gasteiger partial charge in [-0.15, -0.1) is 0 Å². The molecule has 1 saturated carbocycles. The Bertz CT molecular complexity index is 524. The van der Waals surface area contributed by atoms with Gasteiger partial charge < -0.3 is 4.90 Å². The maximum absolute atomic E-state index is 12.5. The van der Waals surface area contributed by atoms with Crippen LogP contribution in [-0.4, -0.2) is 52.9 Å². The lowest BCUT2D eigenvalue weighted by Crippen LogP contribution is -2.51. The molecule has 2 fully saturated rings. The van der Waals surface area contributed by atoms with Crippen molar-refractivity contribution < 1.29 is 4.79 Å². The fraction of sp³-hybridized carbons (Fsp3) is 0.600. The number of nitrogens with zero attached hydrogens (tertiary/aromatic N) is 3. The third-order valence-corrected chi connectivity index (χ3v) is 4.97. The Labute approximate surface area is 135 Å². The van der Waals surface area contributed by atoms with E-state index in [-0.39, 0.29) is 11.6 Å². The minimum atomic E-state index is -0.117. The summed E-state index contributed by atoms with van der Waals surface area (Å²) in [5, 5.41) is 0.662. The summed E-state index contributed by atoms with van der Waals surface area (Å²) in [7, 11) is 0. The van der Waals surface area contributed by atoms with Gasteiger partial charge in [-0.1, -0.05) is 36.0 Å². The predicted molar refractivity (Wildman–Crippen MR) is 84.0 cm³/mol. The van der Waals surface area contributed by atoms with Crippen molar-refractivity contribution in [3.8, 4) is 0 Å². The lowest BCUT2D eigenvalue weighted by molar-refractivity contribution is 0.0568. The zero-order valence-corrected chi connectivity index (χ0v) is 13.4. The predicted octanol–water partition coefficient (Wildman–Crippen LogP) is 3.09. The van der Waals surface area contributed by atoms with Crippen LogP contribution >= 0.6 is 23.2 Å².